The number of nitrogens with two attached hydrogens (primary N) is 1. The number of carbonyl (C=O) groups is 3. The van der Waals surface area contributed by atoms with Crippen molar-refractivity contribution in [3.8, 4) is 23.0 Å². The monoisotopic (exact) mass is 1110 g/mol. The Morgan fingerprint density at radius 2 is 1.35 bits per heavy atom. The first-order chi connectivity index (χ1) is 34.9. The molecule has 0 bridgehead atoms. The van der Waals surface area contributed by atoms with Crippen molar-refractivity contribution in [1.29, 1.82) is 0 Å². The molecule has 75 heavy (non-hydrogen) atoms. The molecule has 1 aliphatic heterocycles. The number of hydrogen-bond acceptors (Lipinski definition) is 13. The average molecular weight is 1110 g/mol. The minimum Gasteiger partial charge on any atom is -0.493 e. The highest BCUT2D eigenvalue weighted by Crippen LogP contribution is 2.48. The van der Waals surface area contributed by atoms with Gasteiger partial charge in [-0.3, -0.25) is 14.9 Å². The van der Waals surface area contributed by atoms with Crippen LogP contribution in [0.2, 0.25) is 36.3 Å². The Labute approximate surface area is 458 Å². The number of benzene rings is 3. The van der Waals surface area contributed by atoms with E-state index in [0.29, 0.717) is 99.1 Å². The zero-order valence-corrected chi connectivity index (χ0v) is 51.4. The van der Waals surface area contributed by atoms with Crippen LogP contribution in [0.4, 0.5) is 16.2 Å². The van der Waals surface area contributed by atoms with Crippen LogP contribution >= 0.6 is 21.6 Å². The van der Waals surface area contributed by atoms with E-state index in [1.54, 1.807) is 53.0 Å². The van der Waals surface area contributed by atoms with Gasteiger partial charge in [-0.1, -0.05) is 120 Å². The second-order valence-corrected chi connectivity index (χ2v) is 36.9. The number of ether oxygens (including phenoxy) is 5. The van der Waals surface area contributed by atoms with Crippen LogP contribution in [0.5, 0.6) is 23.0 Å². The van der Waals surface area contributed by atoms with Crippen molar-refractivity contribution in [2.45, 2.75) is 166 Å². The molecule has 5 rings (SSSR count). The Balaban J connectivity index is 1.26. The van der Waals surface area contributed by atoms with E-state index in [1.807, 2.05) is 29.2 Å². The molecule has 0 radical (unpaired) electrons. The maximum atomic E-state index is 15.1. The number of carbonyl (C=O) groups excluding carboxylic acids is 3. The Hall–Kier alpha value is -4.40. The zero-order chi connectivity index (χ0) is 55.7. The van der Waals surface area contributed by atoms with E-state index in [0.717, 1.165) is 28.0 Å². The summed E-state index contributed by atoms with van der Waals surface area (Å²) in [5, 5.41) is 2.88. The Morgan fingerprint density at radius 3 is 1.89 bits per heavy atom. The molecule has 2 amide bonds. The first kappa shape index (κ1) is 61.5. The van der Waals surface area contributed by atoms with Crippen LogP contribution in [-0.4, -0.2) is 97.3 Å². The van der Waals surface area contributed by atoms with E-state index in [2.05, 4.69) is 107 Å². The molecular weight excluding hydrogens is 1020 g/mol. The highest BCUT2D eigenvalue weighted by Gasteiger charge is 2.48. The van der Waals surface area contributed by atoms with Gasteiger partial charge in [-0.05, 0) is 111 Å². The number of ketones is 1. The lowest BCUT2D eigenvalue weighted by atomic mass is 9.78. The van der Waals surface area contributed by atoms with Crippen LogP contribution in [-0.2, 0) is 20.2 Å². The number of rotatable bonds is 24. The number of likely N-dealkylation sites (tertiary alicyclic amines) is 1. The molecule has 17 heteroatoms. The fraction of sp³-hybridized carbons (Fsp3) is 0.569. The summed E-state index contributed by atoms with van der Waals surface area (Å²) in [6, 6.07) is 14.4. The van der Waals surface area contributed by atoms with Crippen molar-refractivity contribution >= 4 is 67.4 Å². The third kappa shape index (κ3) is 16.6. The molecule has 0 spiro atoms. The molecule has 1 heterocycles. The average Bonchev–Trinajstić information content (AvgIpc) is 3.91. The van der Waals surface area contributed by atoms with Gasteiger partial charge in [-0.15, -0.1) is 0 Å². The molecule has 414 valence electrons. The summed E-state index contributed by atoms with van der Waals surface area (Å²) in [5.74, 6) is 1.23. The van der Waals surface area contributed by atoms with Crippen molar-refractivity contribution in [3.63, 3.8) is 0 Å². The van der Waals surface area contributed by atoms with Crippen molar-refractivity contribution < 1.29 is 46.9 Å². The molecule has 2 aliphatic rings. The number of hydrogen-bond donors (Lipinski definition) is 2. The molecule has 1 saturated heterocycles. The Bertz CT molecular complexity index is 2520. The number of nitrogen functional groups attached to an aromatic ring is 1. The summed E-state index contributed by atoms with van der Waals surface area (Å²) in [7, 11) is 2.29. The second-order valence-electron chi connectivity index (χ2n) is 24.2. The SMILES string of the molecule is C=C1C[C@@H](CO[Si](C)(C)C(C)(C)C)N(C(=O)c2cc(OC)c(OCCCCCOc3cc(NC(=O)OCc4ccc(SSC(C)(C)C)cc4)c(C(=O)C4(CO[Si](C)(C)C(C)(C)C)CCC(=C)C4)cc3OC)cc2N)C1. The smallest absolute Gasteiger partial charge is 0.411 e. The lowest BCUT2D eigenvalue weighted by Gasteiger charge is -2.39. The Morgan fingerprint density at radius 1 is 0.773 bits per heavy atom. The number of anilines is 2. The molecule has 1 aliphatic carbocycles. The first-order valence-corrected chi connectivity index (χ1v) is 34.2. The standard InChI is InChI=1S/C58H87N3O10S2Si2/c1-39-25-26-58(34-39,38-71-75(16,17)57(9,10)11)52(62)45-31-49(66-13)51(33-47(45)60-54(64)69-36-41-21-23-43(24-22-41)72-73-55(3,4)5)68-28-20-18-19-27-67-50-32-46(59)44(30-48(50)65-12)53(63)61-35-40(2)29-42(61)37-70-74(14,15)56(6,7)8/h21-24,30-33,42H,1-2,18-20,25-29,34-38,59H2,3-17H3,(H,60,64)/t42-,58?/m0/s1. The minimum absolute atomic E-state index is 0.0367. The lowest BCUT2D eigenvalue weighted by molar-refractivity contribution is 0.0674. The van der Waals surface area contributed by atoms with Gasteiger partial charge < -0.3 is 43.2 Å². The van der Waals surface area contributed by atoms with E-state index in [1.165, 1.54) is 7.11 Å². The van der Waals surface area contributed by atoms with Crippen molar-refractivity contribution in [1.82, 2.24) is 4.90 Å². The predicted octanol–water partition coefficient (Wildman–Crippen LogP) is 14.9. The zero-order valence-electron chi connectivity index (χ0n) is 47.7. The van der Waals surface area contributed by atoms with Gasteiger partial charge in [0.15, 0.2) is 45.4 Å². The summed E-state index contributed by atoms with van der Waals surface area (Å²) < 4.78 is 43.2. The molecule has 2 fully saturated rings. The van der Waals surface area contributed by atoms with Crippen LogP contribution in [0, 0.1) is 5.41 Å². The van der Waals surface area contributed by atoms with Crippen molar-refractivity contribution in [3.05, 3.63) is 89.5 Å². The van der Waals surface area contributed by atoms with Gasteiger partial charge in [0, 0.05) is 46.2 Å². The molecule has 3 N–H and O–H groups in total. The van der Waals surface area contributed by atoms with E-state index >= 15 is 4.79 Å². The number of unbranched alkanes of at least 4 members (excludes halogenated alkanes) is 2. The van der Waals surface area contributed by atoms with Gasteiger partial charge in [0.2, 0.25) is 0 Å². The summed E-state index contributed by atoms with van der Waals surface area (Å²) >= 11 is 0. The van der Waals surface area contributed by atoms with Gasteiger partial charge in [-0.2, -0.15) is 0 Å². The van der Waals surface area contributed by atoms with E-state index < -0.39 is 28.1 Å². The molecule has 1 unspecified atom stereocenters. The fourth-order valence-electron chi connectivity index (χ4n) is 8.23. The van der Waals surface area contributed by atoms with Crippen LogP contribution in [0.1, 0.15) is 134 Å². The molecule has 2 atom stereocenters. The molecular formula is C58H87N3O10S2Si2. The van der Waals surface area contributed by atoms with Crippen molar-refractivity contribution in [2.24, 2.45) is 5.41 Å². The van der Waals surface area contributed by atoms with Gasteiger partial charge >= 0.3 is 6.09 Å². The number of nitrogens with one attached hydrogen (secondary N) is 1. The predicted molar refractivity (Wildman–Crippen MR) is 313 cm³/mol. The minimum atomic E-state index is -2.25. The topological polar surface area (TPSA) is 157 Å². The van der Waals surface area contributed by atoms with Crippen LogP contribution in [0.25, 0.3) is 0 Å². The van der Waals surface area contributed by atoms with Crippen LogP contribution in [0.3, 0.4) is 0 Å². The maximum absolute atomic E-state index is 15.1. The van der Waals surface area contributed by atoms with E-state index in [9.17, 15) is 9.59 Å². The fourth-order valence-corrected chi connectivity index (χ4v) is 12.3. The number of nitrogens with zero attached hydrogens (tertiary/aromatic N) is 1. The van der Waals surface area contributed by atoms with E-state index in [-0.39, 0.29) is 57.0 Å². The number of allylic oxidation sites excluding steroid dienone is 1. The number of amides is 2. The third-order valence-corrected chi connectivity index (χ3v) is 27.3. The van der Waals surface area contributed by atoms with Crippen molar-refractivity contribution in [2.75, 3.05) is 58.2 Å². The molecule has 3 aromatic carbocycles. The summed E-state index contributed by atoms with van der Waals surface area (Å²) in [6.07, 6.45) is 3.82. The highest BCUT2D eigenvalue weighted by molar-refractivity contribution is 8.77. The number of Topliss-reactive ketones (excluding diaryl/α,β-unsaturated/α-hetero) is 1. The largest absolute Gasteiger partial charge is 0.493 e. The lowest BCUT2D eigenvalue weighted by Crippen LogP contribution is -2.46. The molecule has 3 aromatic rings. The van der Waals surface area contributed by atoms with Crippen LogP contribution in [0.15, 0.2) is 77.7 Å². The molecule has 1 saturated carbocycles. The second kappa shape index (κ2) is 25.4. The Kier molecular flexibility index (Phi) is 20.8. The summed E-state index contributed by atoms with van der Waals surface area (Å²) in [6.45, 7) is 38.8. The van der Waals surface area contributed by atoms with Gasteiger partial charge in [0.1, 0.15) is 6.61 Å². The summed E-state index contributed by atoms with van der Waals surface area (Å²) in [4.78, 5) is 45.6. The maximum Gasteiger partial charge on any atom is 0.411 e. The van der Waals surface area contributed by atoms with E-state index in [4.69, 9.17) is 38.3 Å². The van der Waals surface area contributed by atoms with Crippen LogP contribution < -0.4 is 30.0 Å². The third-order valence-electron chi connectivity index (χ3n) is 14.9. The quantitative estimate of drug-likeness (QED) is 0.0218. The van der Waals surface area contributed by atoms with Gasteiger partial charge in [-0.25, -0.2) is 4.79 Å². The molecule has 13 nitrogen and oxygen atoms in total. The normalized spacial score (nSPS) is 17.5. The van der Waals surface area contributed by atoms with Gasteiger partial charge in [0.05, 0.1) is 56.7 Å². The van der Waals surface area contributed by atoms with Gasteiger partial charge in [0.25, 0.3) is 5.91 Å². The first-order valence-electron chi connectivity index (χ1n) is 26.2. The summed E-state index contributed by atoms with van der Waals surface area (Å²) in [5.41, 5.74) is 9.65. The number of methoxy groups -OCH3 is 2. The molecule has 0 aromatic heterocycles. The highest BCUT2D eigenvalue weighted by atomic mass is 33.1.